The van der Waals surface area contributed by atoms with Crippen LogP contribution in [0.15, 0.2) is 22.8 Å². The van der Waals surface area contributed by atoms with E-state index in [2.05, 4.69) is 11.9 Å². The lowest BCUT2D eigenvalue weighted by Gasteiger charge is -2.27. The summed E-state index contributed by atoms with van der Waals surface area (Å²) in [4.78, 5) is 13.8. The Kier molecular flexibility index (Phi) is 2.68. The van der Waals surface area contributed by atoms with E-state index in [0.717, 1.165) is 25.3 Å². The minimum atomic E-state index is 0.125. The number of ketones is 1. The van der Waals surface area contributed by atoms with Gasteiger partial charge in [-0.3, -0.25) is 4.79 Å². The molecule has 0 spiro atoms. The van der Waals surface area contributed by atoms with Crippen molar-refractivity contribution in [2.24, 2.45) is 5.92 Å². The molecule has 0 amide bonds. The van der Waals surface area contributed by atoms with Gasteiger partial charge in [-0.15, -0.1) is 0 Å². The van der Waals surface area contributed by atoms with E-state index in [0.29, 0.717) is 12.2 Å². The molecule has 3 heteroatoms. The summed E-state index contributed by atoms with van der Waals surface area (Å²) in [5.74, 6) is 1.41. The molecule has 3 nitrogen and oxygen atoms in total. The van der Waals surface area contributed by atoms with Crippen LogP contribution in [0.3, 0.4) is 0 Å². The van der Waals surface area contributed by atoms with Gasteiger partial charge in [0.1, 0.15) is 11.5 Å². The molecule has 0 aliphatic carbocycles. The summed E-state index contributed by atoms with van der Waals surface area (Å²) < 4.78 is 5.25. The predicted octanol–water partition coefficient (Wildman–Crippen LogP) is 1.34. The fourth-order valence-electron chi connectivity index (χ4n) is 1.92. The van der Waals surface area contributed by atoms with Gasteiger partial charge in [-0.2, -0.15) is 0 Å². The molecular formula is C11H15NO2. The van der Waals surface area contributed by atoms with Crippen LogP contribution < -0.4 is 0 Å². The summed E-state index contributed by atoms with van der Waals surface area (Å²) in [6.07, 6.45) is 3.09. The first kappa shape index (κ1) is 9.46. The highest BCUT2D eigenvalue weighted by Gasteiger charge is 2.25. The van der Waals surface area contributed by atoms with E-state index < -0.39 is 0 Å². The van der Waals surface area contributed by atoms with E-state index in [1.165, 1.54) is 0 Å². The van der Waals surface area contributed by atoms with Crippen LogP contribution in [0.25, 0.3) is 0 Å². The molecule has 1 aromatic heterocycles. The number of furan rings is 1. The molecule has 1 aromatic rings. The maximum Gasteiger partial charge on any atom is 0.138 e. The fourth-order valence-corrected chi connectivity index (χ4v) is 1.92. The molecule has 1 fully saturated rings. The number of carbonyl (C=O) groups excluding carboxylic acids is 1. The zero-order chi connectivity index (χ0) is 9.97. The van der Waals surface area contributed by atoms with Crippen molar-refractivity contribution >= 4 is 5.78 Å². The van der Waals surface area contributed by atoms with E-state index in [-0.39, 0.29) is 5.92 Å². The summed E-state index contributed by atoms with van der Waals surface area (Å²) in [5.41, 5.74) is 0. The monoisotopic (exact) mass is 193 g/mol. The summed E-state index contributed by atoms with van der Waals surface area (Å²) >= 11 is 0. The van der Waals surface area contributed by atoms with Crippen LogP contribution in [0.5, 0.6) is 0 Å². The Morgan fingerprint density at radius 2 is 2.50 bits per heavy atom. The zero-order valence-corrected chi connectivity index (χ0v) is 8.40. The first-order chi connectivity index (χ1) is 6.75. The van der Waals surface area contributed by atoms with Gasteiger partial charge < -0.3 is 9.32 Å². The smallest absolute Gasteiger partial charge is 0.138 e. The lowest BCUT2D eigenvalue weighted by Crippen LogP contribution is -2.39. The largest absolute Gasteiger partial charge is 0.469 e. The first-order valence-electron chi connectivity index (χ1n) is 4.99. The van der Waals surface area contributed by atoms with Crippen LogP contribution in [0.2, 0.25) is 0 Å². The van der Waals surface area contributed by atoms with E-state index in [9.17, 15) is 4.79 Å². The standard InChI is InChI=1S/C11H15NO2/c1-12-5-4-11(13)9(8-12)7-10-3-2-6-14-10/h2-3,6,9H,4-5,7-8H2,1H3. The molecule has 2 heterocycles. The molecular weight excluding hydrogens is 178 g/mol. The van der Waals surface area contributed by atoms with Crippen molar-refractivity contribution in [3.63, 3.8) is 0 Å². The molecule has 0 radical (unpaired) electrons. The van der Waals surface area contributed by atoms with Gasteiger partial charge in [0, 0.05) is 31.8 Å². The van der Waals surface area contributed by atoms with Crippen molar-refractivity contribution in [3.8, 4) is 0 Å². The van der Waals surface area contributed by atoms with Crippen molar-refractivity contribution in [1.82, 2.24) is 4.90 Å². The molecule has 0 aromatic carbocycles. The Morgan fingerprint density at radius 1 is 1.64 bits per heavy atom. The van der Waals surface area contributed by atoms with Gasteiger partial charge in [0.15, 0.2) is 0 Å². The average molecular weight is 193 g/mol. The number of carbonyl (C=O) groups is 1. The van der Waals surface area contributed by atoms with E-state index in [1.807, 2.05) is 12.1 Å². The topological polar surface area (TPSA) is 33.5 Å². The molecule has 0 N–H and O–H groups in total. The Hall–Kier alpha value is -1.09. The lowest BCUT2D eigenvalue weighted by atomic mass is 9.93. The third-order valence-corrected chi connectivity index (χ3v) is 2.76. The molecule has 0 saturated carbocycles. The van der Waals surface area contributed by atoms with Crippen LogP contribution in [-0.4, -0.2) is 30.8 Å². The van der Waals surface area contributed by atoms with E-state index in [1.54, 1.807) is 6.26 Å². The Labute approximate surface area is 83.7 Å². The normalized spacial score (nSPS) is 24.1. The van der Waals surface area contributed by atoms with Gasteiger partial charge in [0.2, 0.25) is 0 Å². The molecule has 1 atom stereocenters. The van der Waals surface area contributed by atoms with E-state index >= 15 is 0 Å². The van der Waals surface area contributed by atoms with Crippen LogP contribution in [0.1, 0.15) is 12.2 Å². The van der Waals surface area contributed by atoms with Crippen LogP contribution in [0, 0.1) is 5.92 Å². The maximum atomic E-state index is 11.6. The zero-order valence-electron chi connectivity index (χ0n) is 8.40. The van der Waals surface area contributed by atoms with Crippen molar-refractivity contribution in [2.45, 2.75) is 12.8 Å². The molecule has 1 saturated heterocycles. The molecule has 2 rings (SSSR count). The van der Waals surface area contributed by atoms with E-state index in [4.69, 9.17) is 4.42 Å². The highest BCUT2D eigenvalue weighted by atomic mass is 16.3. The number of piperidine rings is 1. The predicted molar refractivity (Wildman–Crippen MR) is 53.0 cm³/mol. The third-order valence-electron chi connectivity index (χ3n) is 2.76. The molecule has 1 aliphatic heterocycles. The van der Waals surface area contributed by atoms with Gasteiger partial charge in [0.25, 0.3) is 0 Å². The minimum absolute atomic E-state index is 0.125. The van der Waals surface area contributed by atoms with Crippen molar-refractivity contribution in [2.75, 3.05) is 20.1 Å². The highest BCUT2D eigenvalue weighted by molar-refractivity contribution is 5.82. The number of rotatable bonds is 2. The van der Waals surface area contributed by atoms with Crippen molar-refractivity contribution in [3.05, 3.63) is 24.2 Å². The highest BCUT2D eigenvalue weighted by Crippen LogP contribution is 2.17. The van der Waals surface area contributed by atoms with Crippen LogP contribution in [-0.2, 0) is 11.2 Å². The third kappa shape index (κ3) is 2.04. The summed E-state index contributed by atoms with van der Waals surface area (Å²) in [7, 11) is 2.06. The van der Waals surface area contributed by atoms with Crippen molar-refractivity contribution in [1.29, 1.82) is 0 Å². The second-order valence-electron chi connectivity index (χ2n) is 3.96. The van der Waals surface area contributed by atoms with Crippen molar-refractivity contribution < 1.29 is 9.21 Å². The molecule has 1 unspecified atom stereocenters. The molecule has 76 valence electrons. The average Bonchev–Trinajstić information content (AvgIpc) is 2.64. The maximum absolute atomic E-state index is 11.6. The van der Waals surface area contributed by atoms with Gasteiger partial charge in [-0.05, 0) is 19.2 Å². The SMILES string of the molecule is CN1CCC(=O)C(Cc2ccco2)C1. The second-order valence-corrected chi connectivity index (χ2v) is 3.96. The Balaban J connectivity index is 1.99. The molecule has 14 heavy (non-hydrogen) atoms. The fraction of sp³-hybridized carbons (Fsp3) is 0.545. The van der Waals surface area contributed by atoms with Crippen LogP contribution in [0.4, 0.5) is 0 Å². The summed E-state index contributed by atoms with van der Waals surface area (Å²) in [6, 6.07) is 3.80. The van der Waals surface area contributed by atoms with Gasteiger partial charge >= 0.3 is 0 Å². The number of hydrogen-bond donors (Lipinski definition) is 0. The molecule has 1 aliphatic rings. The second kappa shape index (κ2) is 3.96. The quantitative estimate of drug-likeness (QED) is 0.710. The Morgan fingerprint density at radius 3 is 3.21 bits per heavy atom. The number of Topliss-reactive ketones (excluding diaryl/α,β-unsaturated/α-hetero) is 1. The van der Waals surface area contributed by atoms with Gasteiger partial charge in [-0.1, -0.05) is 0 Å². The number of hydrogen-bond acceptors (Lipinski definition) is 3. The van der Waals surface area contributed by atoms with Gasteiger partial charge in [0.05, 0.1) is 6.26 Å². The minimum Gasteiger partial charge on any atom is -0.469 e. The van der Waals surface area contributed by atoms with Gasteiger partial charge in [-0.25, -0.2) is 0 Å². The van der Waals surface area contributed by atoms with Crippen LogP contribution >= 0.6 is 0 Å². The lowest BCUT2D eigenvalue weighted by molar-refractivity contribution is -0.126. The number of likely N-dealkylation sites (tertiary alicyclic amines) is 1. The summed E-state index contributed by atoms with van der Waals surface area (Å²) in [6.45, 7) is 1.76. The first-order valence-corrected chi connectivity index (χ1v) is 4.99. The Bertz CT molecular complexity index is 305. The number of nitrogens with zero attached hydrogens (tertiary/aromatic N) is 1. The summed E-state index contributed by atoms with van der Waals surface area (Å²) in [5, 5.41) is 0. The molecule has 0 bridgehead atoms.